The molecule has 0 aliphatic rings. The van der Waals surface area contributed by atoms with Crippen LogP contribution in [0.1, 0.15) is 41.5 Å². The molecule has 0 N–H and O–H groups in total. The molecule has 27 heavy (non-hydrogen) atoms. The summed E-state index contributed by atoms with van der Waals surface area (Å²) < 4.78 is 20.0. The Hall–Kier alpha value is -2.48. The Morgan fingerprint density at radius 1 is 1.22 bits per heavy atom. The Morgan fingerprint density at radius 3 is 2.30 bits per heavy atom. The molecule has 0 bridgehead atoms. The molecule has 6 nitrogen and oxygen atoms in total. The van der Waals surface area contributed by atoms with Crippen LogP contribution in [0.4, 0.5) is 20.6 Å². The van der Waals surface area contributed by atoms with E-state index >= 15 is 0 Å². The van der Waals surface area contributed by atoms with E-state index in [1.807, 2.05) is 0 Å². The van der Waals surface area contributed by atoms with Gasteiger partial charge in [-0.05, 0) is 59.1 Å². The Kier molecular flexibility index (Phi) is 5.60. The molecule has 0 unspecified atom stereocenters. The number of halogens is 1. The maximum atomic E-state index is 14.6. The highest BCUT2D eigenvalue weighted by atomic mass is 32.1. The Labute approximate surface area is 161 Å². The summed E-state index contributed by atoms with van der Waals surface area (Å²) in [5.41, 5.74) is -1.92. The lowest BCUT2D eigenvalue weighted by molar-refractivity contribution is -0.384. The third kappa shape index (κ3) is 4.82. The third-order valence-electron chi connectivity index (χ3n) is 3.54. The summed E-state index contributed by atoms with van der Waals surface area (Å²) in [6.07, 6.45) is -0.734. The lowest BCUT2D eigenvalue weighted by atomic mass is 10.0. The van der Waals surface area contributed by atoms with Crippen molar-refractivity contribution in [1.82, 2.24) is 0 Å². The molecule has 1 heterocycles. The number of carbonyl (C=O) groups is 1. The molecule has 0 atom stereocenters. The van der Waals surface area contributed by atoms with Crippen molar-refractivity contribution >= 4 is 28.8 Å². The molecule has 2 aromatic rings. The first-order chi connectivity index (χ1) is 12.3. The summed E-state index contributed by atoms with van der Waals surface area (Å²) in [4.78, 5) is 25.5. The van der Waals surface area contributed by atoms with Crippen molar-refractivity contribution in [2.75, 3.05) is 4.90 Å². The number of hydrogen-bond donors (Lipinski definition) is 0. The van der Waals surface area contributed by atoms with Gasteiger partial charge in [-0.15, -0.1) is 11.3 Å². The monoisotopic (exact) mass is 394 g/mol. The van der Waals surface area contributed by atoms with Crippen LogP contribution in [0, 0.1) is 15.9 Å². The number of nitro benzene ring substituents is 1. The van der Waals surface area contributed by atoms with E-state index in [1.165, 1.54) is 22.3 Å². The van der Waals surface area contributed by atoms with E-state index in [1.54, 1.807) is 59.1 Å². The molecule has 1 aromatic carbocycles. The zero-order valence-corrected chi connectivity index (χ0v) is 17.0. The number of nitrogens with zero attached hydrogens (tertiary/aromatic N) is 2. The van der Waals surface area contributed by atoms with Crippen LogP contribution in [0.25, 0.3) is 10.4 Å². The van der Waals surface area contributed by atoms with Gasteiger partial charge in [0.05, 0.1) is 11.0 Å². The zero-order valence-electron chi connectivity index (χ0n) is 16.2. The topological polar surface area (TPSA) is 72.7 Å². The fourth-order valence-corrected chi connectivity index (χ4v) is 3.28. The Morgan fingerprint density at radius 2 is 1.85 bits per heavy atom. The number of carbonyl (C=O) groups excluding carboxylic acids is 1. The van der Waals surface area contributed by atoms with Crippen LogP contribution in [0.15, 0.2) is 29.6 Å². The first-order valence-corrected chi connectivity index (χ1v) is 9.24. The van der Waals surface area contributed by atoms with E-state index in [0.29, 0.717) is 4.88 Å². The van der Waals surface area contributed by atoms with Crippen molar-refractivity contribution in [3.8, 4) is 10.4 Å². The van der Waals surface area contributed by atoms with E-state index in [4.69, 9.17) is 4.74 Å². The van der Waals surface area contributed by atoms with E-state index in [0.717, 1.165) is 6.07 Å². The Balaban J connectivity index is 2.71. The first-order valence-electron chi connectivity index (χ1n) is 8.36. The van der Waals surface area contributed by atoms with Crippen LogP contribution < -0.4 is 4.90 Å². The van der Waals surface area contributed by atoms with Crippen LogP contribution in [-0.2, 0) is 4.74 Å². The second kappa shape index (κ2) is 7.26. The standard InChI is InChI=1S/C19H23FN2O4S/c1-18(2,3)21(17(23)26-19(4,5)6)14-10-12(16-8-7-9-27-16)13(20)11-15(14)22(24)25/h7-11H,1-6H3. The molecule has 0 saturated heterocycles. The van der Waals surface area contributed by atoms with Gasteiger partial charge in [-0.1, -0.05) is 6.07 Å². The maximum absolute atomic E-state index is 14.6. The molecule has 1 aromatic heterocycles. The number of anilines is 1. The van der Waals surface area contributed by atoms with Crippen LogP contribution >= 0.6 is 11.3 Å². The average Bonchev–Trinajstić information content (AvgIpc) is 2.98. The molecular formula is C19H23FN2O4S. The predicted octanol–water partition coefficient (Wildman–Crippen LogP) is 6.00. The highest BCUT2D eigenvalue weighted by molar-refractivity contribution is 7.13. The minimum Gasteiger partial charge on any atom is -0.443 e. The lowest BCUT2D eigenvalue weighted by Gasteiger charge is -2.36. The van der Waals surface area contributed by atoms with Gasteiger partial charge in [0, 0.05) is 16.0 Å². The number of rotatable bonds is 3. The molecule has 0 fully saturated rings. The van der Waals surface area contributed by atoms with Crippen molar-refractivity contribution in [3.63, 3.8) is 0 Å². The number of amides is 1. The molecule has 8 heteroatoms. The van der Waals surface area contributed by atoms with Crippen LogP contribution in [0.2, 0.25) is 0 Å². The molecule has 0 radical (unpaired) electrons. The van der Waals surface area contributed by atoms with E-state index in [2.05, 4.69) is 0 Å². The average molecular weight is 394 g/mol. The third-order valence-corrected chi connectivity index (χ3v) is 4.44. The summed E-state index contributed by atoms with van der Waals surface area (Å²) in [6, 6.07) is 5.67. The van der Waals surface area contributed by atoms with Crippen molar-refractivity contribution < 1.29 is 18.8 Å². The highest BCUT2D eigenvalue weighted by Crippen LogP contribution is 2.40. The number of hydrogen-bond acceptors (Lipinski definition) is 5. The molecule has 146 valence electrons. The van der Waals surface area contributed by atoms with Gasteiger partial charge in [0.2, 0.25) is 0 Å². The first kappa shape index (κ1) is 20.8. The van der Waals surface area contributed by atoms with Crippen LogP contribution in [0.5, 0.6) is 0 Å². The molecule has 0 aliphatic carbocycles. The van der Waals surface area contributed by atoms with E-state index in [-0.39, 0.29) is 11.3 Å². The summed E-state index contributed by atoms with van der Waals surface area (Å²) >= 11 is 1.31. The predicted molar refractivity (Wildman–Crippen MR) is 105 cm³/mol. The summed E-state index contributed by atoms with van der Waals surface area (Å²) in [5, 5.41) is 13.4. The smallest absolute Gasteiger partial charge is 0.415 e. The van der Waals surface area contributed by atoms with Gasteiger partial charge in [0.15, 0.2) is 0 Å². The summed E-state index contributed by atoms with van der Waals surface area (Å²) in [5.74, 6) is -0.717. The second-order valence-corrected chi connectivity index (χ2v) is 8.99. The summed E-state index contributed by atoms with van der Waals surface area (Å²) in [7, 11) is 0. The van der Waals surface area contributed by atoms with Gasteiger partial charge in [0.25, 0.3) is 5.69 Å². The Bertz CT molecular complexity index is 852. The van der Waals surface area contributed by atoms with Crippen molar-refractivity contribution in [2.24, 2.45) is 0 Å². The normalized spacial score (nSPS) is 12.0. The molecule has 0 spiro atoms. The fraction of sp³-hybridized carbons (Fsp3) is 0.421. The largest absolute Gasteiger partial charge is 0.443 e. The van der Waals surface area contributed by atoms with Gasteiger partial charge in [-0.25, -0.2) is 9.18 Å². The molecular weight excluding hydrogens is 371 g/mol. The number of thiophene rings is 1. The second-order valence-electron chi connectivity index (χ2n) is 8.04. The molecule has 1 amide bonds. The van der Waals surface area contributed by atoms with Gasteiger partial charge in [-0.3, -0.25) is 15.0 Å². The minimum absolute atomic E-state index is 0.00782. The fourth-order valence-electron chi connectivity index (χ4n) is 2.54. The van der Waals surface area contributed by atoms with E-state index in [9.17, 15) is 19.3 Å². The van der Waals surface area contributed by atoms with Gasteiger partial charge in [0.1, 0.15) is 17.1 Å². The summed E-state index contributed by atoms with van der Waals surface area (Å²) in [6.45, 7) is 10.3. The zero-order chi connectivity index (χ0) is 20.6. The number of ether oxygens (including phenoxy) is 1. The van der Waals surface area contributed by atoms with Crippen molar-refractivity contribution in [1.29, 1.82) is 0 Å². The maximum Gasteiger partial charge on any atom is 0.415 e. The minimum atomic E-state index is -0.836. The molecule has 0 aliphatic heterocycles. The molecule has 2 rings (SSSR count). The van der Waals surface area contributed by atoms with Gasteiger partial charge in [-0.2, -0.15) is 0 Å². The number of nitro groups is 1. The van der Waals surface area contributed by atoms with Crippen LogP contribution in [-0.4, -0.2) is 22.2 Å². The van der Waals surface area contributed by atoms with Gasteiger partial charge >= 0.3 is 6.09 Å². The lowest BCUT2D eigenvalue weighted by Crippen LogP contribution is -2.48. The van der Waals surface area contributed by atoms with E-state index < -0.39 is 33.7 Å². The van der Waals surface area contributed by atoms with Crippen molar-refractivity contribution in [3.05, 3.63) is 45.6 Å². The highest BCUT2D eigenvalue weighted by Gasteiger charge is 2.37. The molecule has 0 saturated carbocycles. The van der Waals surface area contributed by atoms with Crippen molar-refractivity contribution in [2.45, 2.75) is 52.7 Å². The SMILES string of the molecule is CC(C)(C)OC(=O)N(c1cc(-c2cccs2)c(F)cc1[N+](=O)[O-])C(C)(C)C. The quantitative estimate of drug-likeness (QED) is 0.472. The number of benzene rings is 1. The van der Waals surface area contributed by atoms with Gasteiger partial charge < -0.3 is 4.74 Å². The van der Waals surface area contributed by atoms with Crippen LogP contribution in [0.3, 0.4) is 0 Å².